The fourth-order valence-corrected chi connectivity index (χ4v) is 3.55. The van der Waals surface area contributed by atoms with Gasteiger partial charge < -0.3 is 0 Å². The number of hydrogen-bond donors (Lipinski definition) is 0. The molecule has 0 spiro atoms. The first-order valence-corrected chi connectivity index (χ1v) is 8.06. The van der Waals surface area contributed by atoms with Crippen LogP contribution in [0.15, 0.2) is 59.1 Å². The molecule has 0 aliphatic heterocycles. The Morgan fingerprint density at radius 1 is 1.10 bits per heavy atom. The number of carbonyl (C=O) groups is 1. The molecule has 4 heteroatoms. The van der Waals surface area contributed by atoms with E-state index >= 15 is 0 Å². The Labute approximate surface area is 129 Å². The Kier molecular flexibility index (Phi) is 5.42. The van der Waals surface area contributed by atoms with E-state index in [1.807, 2.05) is 60.7 Å². The van der Waals surface area contributed by atoms with E-state index in [9.17, 15) is 4.79 Å². The van der Waals surface area contributed by atoms with E-state index in [0.717, 1.165) is 10.0 Å². The first-order valence-electron chi connectivity index (χ1n) is 5.97. The summed E-state index contributed by atoms with van der Waals surface area (Å²) >= 11 is 5.75. The van der Waals surface area contributed by atoms with Crippen molar-refractivity contribution in [1.29, 1.82) is 0 Å². The molecule has 0 aliphatic rings. The molecular formula is C16H13ClO2Se. The van der Waals surface area contributed by atoms with E-state index in [4.69, 9.17) is 16.3 Å². The van der Waals surface area contributed by atoms with Gasteiger partial charge in [-0.25, -0.2) is 0 Å². The Balaban J connectivity index is 2.26. The van der Waals surface area contributed by atoms with Gasteiger partial charge in [-0.15, -0.1) is 0 Å². The van der Waals surface area contributed by atoms with Crippen molar-refractivity contribution in [2.24, 2.45) is 0 Å². The third-order valence-corrected chi connectivity index (χ3v) is 4.90. The molecule has 0 atom stereocenters. The predicted molar refractivity (Wildman–Crippen MR) is 83.3 cm³/mol. The number of carbonyl (C=O) groups excluding carboxylic acids is 1. The fraction of sp³-hybridized carbons (Fsp3) is 0.0625. The van der Waals surface area contributed by atoms with Gasteiger partial charge in [0.1, 0.15) is 0 Å². The van der Waals surface area contributed by atoms with Crippen molar-refractivity contribution in [3.8, 4) is 0 Å². The van der Waals surface area contributed by atoms with Crippen molar-refractivity contribution in [1.82, 2.24) is 0 Å². The number of hydrogen-bond acceptors (Lipinski definition) is 2. The van der Waals surface area contributed by atoms with E-state index in [1.54, 1.807) is 0 Å². The molecule has 2 nitrogen and oxygen atoms in total. The van der Waals surface area contributed by atoms with Crippen LogP contribution in [0.1, 0.15) is 5.56 Å². The SMILES string of the molecule is COC(=O)/C(=C/c1ccccc1)[Se]c1ccc(Cl)cc1. The van der Waals surface area contributed by atoms with E-state index < -0.39 is 0 Å². The van der Waals surface area contributed by atoms with Crippen LogP contribution < -0.4 is 4.46 Å². The molecule has 0 fully saturated rings. The van der Waals surface area contributed by atoms with Gasteiger partial charge in [-0.2, -0.15) is 0 Å². The van der Waals surface area contributed by atoms with Crippen LogP contribution in [0.5, 0.6) is 0 Å². The summed E-state index contributed by atoms with van der Waals surface area (Å²) in [6, 6.07) is 17.3. The van der Waals surface area contributed by atoms with Crippen LogP contribution in [0.3, 0.4) is 0 Å². The van der Waals surface area contributed by atoms with E-state index in [1.165, 1.54) is 7.11 Å². The van der Waals surface area contributed by atoms with Gasteiger partial charge in [0.05, 0.1) is 0 Å². The van der Waals surface area contributed by atoms with Crippen molar-refractivity contribution < 1.29 is 9.53 Å². The number of rotatable bonds is 4. The van der Waals surface area contributed by atoms with E-state index in [0.29, 0.717) is 9.49 Å². The number of methoxy groups -OCH3 is 1. The van der Waals surface area contributed by atoms with E-state index in [-0.39, 0.29) is 20.9 Å². The first-order chi connectivity index (χ1) is 9.69. The van der Waals surface area contributed by atoms with Crippen LogP contribution in [0.2, 0.25) is 5.02 Å². The van der Waals surface area contributed by atoms with Crippen molar-refractivity contribution in [2.45, 2.75) is 0 Å². The summed E-state index contributed by atoms with van der Waals surface area (Å²) in [4.78, 5) is 11.9. The molecule has 0 bridgehead atoms. The molecule has 102 valence electrons. The number of ether oxygens (including phenoxy) is 1. The summed E-state index contributed by atoms with van der Waals surface area (Å²) in [5, 5.41) is 0.691. The molecule has 20 heavy (non-hydrogen) atoms. The van der Waals surface area contributed by atoms with Gasteiger partial charge in [0.25, 0.3) is 0 Å². The van der Waals surface area contributed by atoms with Crippen LogP contribution in [0, 0.1) is 0 Å². The molecule has 2 aromatic rings. The van der Waals surface area contributed by atoms with Crippen LogP contribution >= 0.6 is 11.6 Å². The number of esters is 1. The monoisotopic (exact) mass is 352 g/mol. The second kappa shape index (κ2) is 7.30. The van der Waals surface area contributed by atoms with Gasteiger partial charge in [-0.3, -0.25) is 0 Å². The van der Waals surface area contributed by atoms with Crippen molar-refractivity contribution in [3.63, 3.8) is 0 Å². The molecule has 0 radical (unpaired) electrons. The molecule has 2 rings (SSSR count). The summed E-state index contributed by atoms with van der Waals surface area (Å²) in [5.74, 6) is -0.288. The quantitative estimate of drug-likeness (QED) is 0.481. The standard InChI is InChI=1S/C16H13ClO2Se/c1-19-16(18)15(11-12-5-3-2-4-6-12)20-14-9-7-13(17)8-10-14/h2-11H,1H3/b15-11-. The van der Waals surface area contributed by atoms with E-state index in [2.05, 4.69) is 0 Å². The topological polar surface area (TPSA) is 26.3 Å². The molecule has 0 heterocycles. The predicted octanol–water partition coefficient (Wildman–Crippen LogP) is 2.88. The summed E-state index contributed by atoms with van der Waals surface area (Å²) < 4.78 is 6.62. The fourth-order valence-electron chi connectivity index (χ4n) is 1.56. The van der Waals surface area contributed by atoms with Crippen LogP contribution in [-0.4, -0.2) is 28.0 Å². The summed E-state index contributed by atoms with van der Waals surface area (Å²) in [6.07, 6.45) is 1.88. The minimum absolute atomic E-state index is 0.118. The molecule has 2 aromatic carbocycles. The number of halogens is 1. The maximum atomic E-state index is 11.9. The molecule has 0 amide bonds. The van der Waals surface area contributed by atoms with Gasteiger partial charge >= 0.3 is 129 Å². The molecule has 0 saturated carbocycles. The van der Waals surface area contributed by atoms with Crippen molar-refractivity contribution in [3.05, 3.63) is 69.7 Å². The number of benzene rings is 2. The summed E-state index contributed by atoms with van der Waals surface area (Å²) in [6.45, 7) is 0. The Bertz CT molecular complexity index is 606. The average molecular weight is 352 g/mol. The molecule has 0 aliphatic carbocycles. The second-order valence-electron chi connectivity index (χ2n) is 3.97. The normalized spacial score (nSPS) is 11.2. The third kappa shape index (κ3) is 4.24. The van der Waals surface area contributed by atoms with Gasteiger partial charge in [-0.1, -0.05) is 0 Å². The van der Waals surface area contributed by atoms with Crippen LogP contribution in [0.25, 0.3) is 6.08 Å². The first kappa shape index (κ1) is 14.9. The Hall–Kier alpha value is -1.54. The summed E-state index contributed by atoms with van der Waals surface area (Å²) in [5.41, 5.74) is 0.990. The van der Waals surface area contributed by atoms with Crippen molar-refractivity contribution in [2.75, 3.05) is 7.11 Å². The Morgan fingerprint density at radius 3 is 2.35 bits per heavy atom. The molecular weight excluding hydrogens is 339 g/mol. The van der Waals surface area contributed by atoms with Gasteiger partial charge in [0, 0.05) is 0 Å². The molecule has 0 saturated heterocycles. The molecule has 0 unspecified atom stereocenters. The second-order valence-corrected chi connectivity index (χ2v) is 6.74. The molecule has 0 N–H and O–H groups in total. The summed E-state index contributed by atoms with van der Waals surface area (Å²) in [7, 11) is 1.40. The van der Waals surface area contributed by atoms with Gasteiger partial charge in [0.2, 0.25) is 0 Å². The van der Waals surface area contributed by atoms with Gasteiger partial charge in [-0.05, 0) is 0 Å². The Morgan fingerprint density at radius 2 is 1.75 bits per heavy atom. The van der Waals surface area contributed by atoms with Crippen LogP contribution in [-0.2, 0) is 9.53 Å². The average Bonchev–Trinajstić information content (AvgIpc) is 2.49. The maximum absolute atomic E-state index is 11.9. The third-order valence-electron chi connectivity index (χ3n) is 2.53. The molecule has 0 aromatic heterocycles. The zero-order valence-corrected chi connectivity index (χ0v) is 13.3. The van der Waals surface area contributed by atoms with Crippen LogP contribution in [0.4, 0.5) is 0 Å². The zero-order valence-electron chi connectivity index (χ0n) is 10.9. The van der Waals surface area contributed by atoms with Gasteiger partial charge in [0.15, 0.2) is 0 Å². The van der Waals surface area contributed by atoms with Crippen molar-refractivity contribution >= 4 is 43.1 Å². The zero-order chi connectivity index (χ0) is 14.4. The minimum atomic E-state index is -0.288.